The average Bonchev–Trinajstić information content (AvgIpc) is 4.04. The first kappa shape index (κ1) is 68.1. The molecule has 3 aliphatic rings. The lowest BCUT2D eigenvalue weighted by Gasteiger charge is -2.16. The summed E-state index contributed by atoms with van der Waals surface area (Å²) < 4.78 is 86.9. The van der Waals surface area contributed by atoms with Crippen molar-refractivity contribution in [2.75, 3.05) is 8.61 Å². The molecule has 3 aliphatic heterocycles. The molecule has 17 nitrogen and oxygen atoms in total. The van der Waals surface area contributed by atoms with Crippen molar-refractivity contribution in [3.63, 3.8) is 0 Å². The van der Waals surface area contributed by atoms with Crippen molar-refractivity contribution in [3.8, 4) is 17.2 Å². The smallest absolute Gasteiger partial charge is 0.303 e. The fraction of sp³-hybridized carbons (Fsp3) is 0.127. The first-order valence-corrected chi connectivity index (χ1v) is 30.3. The number of nitrogens with zero attached hydrogens (tertiary/aromatic N) is 4. The van der Waals surface area contributed by atoms with E-state index in [9.17, 15) is 34.8 Å². The number of rotatable bonds is 6. The number of fused-ring (bicyclic) bond motifs is 3. The molecular weight excluding hydrogens is 1380 g/mol. The van der Waals surface area contributed by atoms with Crippen molar-refractivity contribution in [3.05, 3.63) is 224 Å². The first-order chi connectivity index (χ1) is 37.2. The monoisotopic (exact) mass is 1430 g/mol. The lowest BCUT2D eigenvalue weighted by atomic mass is 10.2. The maximum atomic E-state index is 12.7. The fourth-order valence-electron chi connectivity index (χ4n) is 6.79. The Morgan fingerprint density at radius 2 is 0.988 bits per heavy atom. The number of pyridine rings is 2. The summed E-state index contributed by atoms with van der Waals surface area (Å²) in [6, 6.07) is 50.7. The number of carboxylic acids is 2. The second kappa shape index (κ2) is 32.9. The van der Waals surface area contributed by atoms with Gasteiger partial charge in [0.15, 0.2) is 0 Å². The Morgan fingerprint density at radius 1 is 0.562 bits per heavy atom. The van der Waals surface area contributed by atoms with Gasteiger partial charge in [-0.3, -0.25) is 28.2 Å². The highest BCUT2D eigenvalue weighted by Gasteiger charge is 2.36. The van der Waals surface area contributed by atoms with Gasteiger partial charge in [0, 0.05) is 44.3 Å². The maximum absolute atomic E-state index is 12.7. The standard InChI is InChI=1S/C18H14N2O3S.C13H10BrNO2S.C7H6BrNO2S.C6H5I.C5H5NO.2C3H6O2.2ClH/c21-24(22)18-9-8-16(23-17-7-4-10-19-12-17)11-14(18)13-20(24)15-5-2-1-3-6-15;14-11-6-7-13-10(8-11)9-15(18(13,16)17)12-4-2-1-3-5-12;8-6-1-2-7-5(3-6)4-9-12(7,10)11;7-6-4-2-1-3-5-6;7-5-2-1-3-6-4-5;2*1-2-3(4)5;;/h1-12H,13H2;1-8H,9H2;1-3,9H,4H2;1-5H;1-4,7H;2*2H2,1H3,(H,4,5);2*1H. The Morgan fingerprint density at radius 3 is 1.39 bits per heavy atom. The number of halogens is 5. The molecule has 0 spiro atoms. The summed E-state index contributed by atoms with van der Waals surface area (Å²) in [5.41, 5.74) is 3.73. The van der Waals surface area contributed by atoms with Gasteiger partial charge >= 0.3 is 11.9 Å². The second-order valence-corrected chi connectivity index (χ2v) is 24.6. The highest BCUT2D eigenvalue weighted by molar-refractivity contribution is 14.1. The van der Waals surface area contributed by atoms with E-state index >= 15 is 0 Å². The fourth-order valence-corrected chi connectivity index (χ4v) is 12.5. The van der Waals surface area contributed by atoms with E-state index < -0.39 is 42.0 Å². The van der Waals surface area contributed by atoms with Gasteiger partial charge in [-0.05, 0) is 155 Å². The van der Waals surface area contributed by atoms with Crippen LogP contribution in [0.2, 0.25) is 0 Å². The molecule has 0 bridgehead atoms. The van der Waals surface area contributed by atoms with Gasteiger partial charge in [0.2, 0.25) is 10.0 Å². The molecule has 80 heavy (non-hydrogen) atoms. The number of anilines is 2. The number of aromatic hydroxyl groups is 1. The molecule has 5 heterocycles. The normalized spacial score (nSPS) is 13.6. The van der Waals surface area contributed by atoms with Gasteiger partial charge in [0.1, 0.15) is 17.2 Å². The SMILES string of the molecule is CCC(=O)O.CCC(=O)O.Cl.Cl.Ic1ccccc1.O=S1(=O)NCc2cc(Br)ccc21.O=S1(=O)c2ccc(Br)cc2CN1c1ccccc1.O=S1(=O)c2ccc(Oc3cccnc3)cc2CN1c1ccccc1.Oc1cccnc1. The van der Waals surface area contributed by atoms with E-state index in [-0.39, 0.29) is 43.4 Å². The average molecular weight is 1430 g/mol. The summed E-state index contributed by atoms with van der Waals surface area (Å²) >= 11 is 8.92. The van der Waals surface area contributed by atoms with E-state index in [1.54, 1.807) is 123 Å². The van der Waals surface area contributed by atoms with Gasteiger partial charge in [-0.25, -0.2) is 30.0 Å². The number of carboxylic acid groups (broad SMARTS) is 2. The topological polar surface area (TPSA) is 251 Å². The van der Waals surface area contributed by atoms with Gasteiger partial charge in [-0.15, -0.1) is 24.8 Å². The molecule has 2 aromatic heterocycles. The van der Waals surface area contributed by atoms with Crippen molar-refractivity contribution >= 4 is 133 Å². The molecule has 6 aromatic carbocycles. The zero-order chi connectivity index (χ0) is 56.9. The van der Waals surface area contributed by atoms with Crippen LogP contribution in [0.3, 0.4) is 0 Å². The number of ether oxygens (including phenoxy) is 1. The molecule has 0 aliphatic carbocycles. The van der Waals surface area contributed by atoms with E-state index in [1.165, 1.54) is 18.4 Å². The summed E-state index contributed by atoms with van der Waals surface area (Å²) in [4.78, 5) is 27.5. The lowest BCUT2D eigenvalue weighted by Crippen LogP contribution is -2.23. The predicted octanol–water partition coefficient (Wildman–Crippen LogP) is 12.9. The summed E-state index contributed by atoms with van der Waals surface area (Å²) in [7, 11) is -10.1. The van der Waals surface area contributed by atoms with Crippen LogP contribution in [-0.4, -0.2) is 62.5 Å². The van der Waals surface area contributed by atoms with Gasteiger partial charge in [-0.2, -0.15) is 0 Å². The zero-order valence-corrected chi connectivity index (χ0v) is 51.9. The highest BCUT2D eigenvalue weighted by atomic mass is 127. The van der Waals surface area contributed by atoms with E-state index in [1.807, 2.05) is 66.7 Å². The third-order valence-corrected chi connectivity index (χ3v) is 17.5. The molecule has 8 aromatic rings. The molecular formula is C55H54Br2Cl2IN5O12S3. The summed E-state index contributed by atoms with van der Waals surface area (Å²) in [6.07, 6.45) is 6.72. The molecule has 0 atom stereocenters. The van der Waals surface area contributed by atoms with Crippen LogP contribution >= 0.6 is 79.3 Å². The number of sulfonamides is 3. The number of carbonyl (C=O) groups is 2. The molecule has 0 radical (unpaired) electrons. The number of benzene rings is 6. The van der Waals surface area contributed by atoms with E-state index in [4.69, 9.17) is 20.1 Å². The Balaban J connectivity index is 0.000000265. The van der Waals surface area contributed by atoms with Crippen molar-refractivity contribution in [1.29, 1.82) is 0 Å². The van der Waals surface area contributed by atoms with Crippen molar-refractivity contribution in [1.82, 2.24) is 14.7 Å². The van der Waals surface area contributed by atoms with Crippen LogP contribution in [0.4, 0.5) is 11.4 Å². The number of hydrogen-bond acceptors (Lipinski definition) is 12. The Kier molecular flexibility index (Phi) is 28.0. The van der Waals surface area contributed by atoms with Crippen LogP contribution < -0.4 is 18.1 Å². The number of para-hydroxylation sites is 2. The van der Waals surface area contributed by atoms with E-state index in [2.05, 4.69) is 81.3 Å². The molecule has 0 unspecified atom stereocenters. The third kappa shape index (κ3) is 20.4. The summed E-state index contributed by atoms with van der Waals surface area (Å²) in [6.45, 7) is 4.29. The van der Waals surface area contributed by atoms with Crippen LogP contribution in [0.1, 0.15) is 43.4 Å². The minimum atomic E-state index is -3.52. The second-order valence-electron chi connectivity index (χ2n) is 16.1. The molecule has 424 valence electrons. The quantitative estimate of drug-likeness (QED) is 0.113. The minimum absolute atomic E-state index is 0. The highest BCUT2D eigenvalue weighted by Crippen LogP contribution is 2.38. The van der Waals surface area contributed by atoms with E-state index in [0.29, 0.717) is 57.2 Å². The number of nitrogens with one attached hydrogen (secondary N) is 1. The number of aromatic nitrogens is 2. The largest absolute Gasteiger partial charge is 0.506 e. The van der Waals surface area contributed by atoms with Crippen molar-refractivity contribution in [2.24, 2.45) is 0 Å². The predicted molar refractivity (Wildman–Crippen MR) is 328 cm³/mol. The van der Waals surface area contributed by atoms with Gasteiger partial charge in [-0.1, -0.05) is 100 Å². The molecule has 4 N–H and O–H groups in total. The number of hydrogen-bond donors (Lipinski definition) is 4. The van der Waals surface area contributed by atoms with Crippen molar-refractivity contribution in [2.45, 2.75) is 61.0 Å². The molecule has 25 heteroatoms. The van der Waals surface area contributed by atoms with Gasteiger partial charge < -0.3 is 20.1 Å². The van der Waals surface area contributed by atoms with Crippen LogP contribution in [0.5, 0.6) is 17.2 Å². The van der Waals surface area contributed by atoms with Crippen LogP contribution in [0, 0.1) is 3.57 Å². The molecule has 0 saturated carbocycles. The van der Waals surface area contributed by atoms with Crippen molar-refractivity contribution < 1.29 is 54.9 Å². The third-order valence-electron chi connectivity index (χ3n) is 10.5. The van der Waals surface area contributed by atoms with Crippen LogP contribution in [0.15, 0.2) is 218 Å². The maximum Gasteiger partial charge on any atom is 0.303 e. The Hall–Kier alpha value is -6.16. The summed E-state index contributed by atoms with van der Waals surface area (Å²) in [5.74, 6) is -0.0809. The molecule has 11 rings (SSSR count). The zero-order valence-electron chi connectivity index (χ0n) is 42.5. The Labute approximate surface area is 508 Å². The lowest BCUT2D eigenvalue weighted by molar-refractivity contribution is -0.137. The Bertz CT molecular complexity index is 3550. The molecule has 0 saturated heterocycles. The molecule has 0 fully saturated rings. The molecule has 0 amide bonds. The van der Waals surface area contributed by atoms with Crippen LogP contribution in [0.25, 0.3) is 0 Å². The minimum Gasteiger partial charge on any atom is -0.506 e. The number of aliphatic carboxylic acids is 2. The first-order valence-electron chi connectivity index (χ1n) is 23.3. The summed E-state index contributed by atoms with van der Waals surface area (Å²) in [5, 5.41) is 24.0. The van der Waals surface area contributed by atoms with Gasteiger partial charge in [0.05, 0.1) is 51.5 Å². The van der Waals surface area contributed by atoms with E-state index in [0.717, 1.165) is 25.6 Å². The van der Waals surface area contributed by atoms with Crippen LogP contribution in [-0.2, 0) is 59.3 Å². The van der Waals surface area contributed by atoms with Gasteiger partial charge in [0.25, 0.3) is 20.0 Å².